The zero-order valence-electron chi connectivity index (χ0n) is 19.4. The number of aryl methyl sites for hydroxylation is 1. The van der Waals surface area contributed by atoms with Crippen molar-refractivity contribution in [3.63, 3.8) is 0 Å². The van der Waals surface area contributed by atoms with Crippen LogP contribution in [0, 0.1) is 6.92 Å². The Bertz CT molecular complexity index is 1240. The number of aromatic nitrogens is 1. The molecular weight excluding hydrogens is 447 g/mol. The molecule has 0 bridgehead atoms. The fourth-order valence-corrected chi connectivity index (χ4v) is 4.12. The summed E-state index contributed by atoms with van der Waals surface area (Å²) in [6.45, 7) is 1.99. The number of pyridine rings is 1. The number of rotatable bonds is 5. The molecule has 0 radical (unpaired) electrons. The predicted octanol–water partition coefficient (Wildman–Crippen LogP) is 4.64. The number of nitrogens with zero attached hydrogens (tertiary/aromatic N) is 2. The first-order chi connectivity index (χ1) is 16.9. The summed E-state index contributed by atoms with van der Waals surface area (Å²) in [6.07, 6.45) is 6.01. The molecule has 0 saturated heterocycles. The third kappa shape index (κ3) is 5.14. The summed E-state index contributed by atoms with van der Waals surface area (Å²) in [7, 11) is 0.619. The molecule has 2 aromatic carbocycles. The van der Waals surface area contributed by atoms with Gasteiger partial charge in [-0.15, -0.1) is 0 Å². The molecule has 0 saturated carbocycles. The van der Waals surface area contributed by atoms with Crippen molar-refractivity contribution in [2.45, 2.75) is 25.9 Å². The summed E-state index contributed by atoms with van der Waals surface area (Å²) in [4.78, 5) is 5.76. The molecule has 2 heterocycles. The van der Waals surface area contributed by atoms with Crippen LogP contribution in [0.2, 0.25) is 0 Å². The highest BCUT2D eigenvalue weighted by molar-refractivity contribution is 6.61. The lowest BCUT2D eigenvalue weighted by Crippen LogP contribution is -2.37. The van der Waals surface area contributed by atoms with Crippen LogP contribution < -0.4 is 14.9 Å². The van der Waals surface area contributed by atoms with E-state index in [2.05, 4.69) is 11.1 Å². The van der Waals surface area contributed by atoms with E-state index in [1.54, 1.807) is 25.4 Å². The van der Waals surface area contributed by atoms with Gasteiger partial charge in [0.15, 0.2) is 0 Å². The van der Waals surface area contributed by atoms with Crippen LogP contribution in [0.1, 0.15) is 29.2 Å². The van der Waals surface area contributed by atoms with Gasteiger partial charge in [0.2, 0.25) is 5.88 Å². The molecule has 2 aliphatic rings. The lowest BCUT2D eigenvalue weighted by molar-refractivity contribution is 0.124. The predicted molar refractivity (Wildman–Crippen MR) is 130 cm³/mol. The summed E-state index contributed by atoms with van der Waals surface area (Å²) in [6, 6.07) is 17.0. The van der Waals surface area contributed by atoms with Crippen LogP contribution in [0.5, 0.6) is 17.4 Å². The standard InChI is InChI=1S/C26H25BN2O6/c1-17-6-13-24(28-14-17)33-22-5-3-4-20-21(22)11-12-23(20)32-19-9-7-18(8-10-19)27-34-25(30)15-29(2)16-26(31)35-27/h3-10,13-16,23,30-31H,11-12H2,1-2H3/b25-15-,26-16?/t23-/m1/s1. The third-order valence-electron chi connectivity index (χ3n) is 5.79. The van der Waals surface area contributed by atoms with Gasteiger partial charge >= 0.3 is 7.12 Å². The minimum Gasteiger partial charge on any atom is -0.494 e. The highest BCUT2D eigenvalue weighted by Gasteiger charge is 2.31. The van der Waals surface area contributed by atoms with Gasteiger partial charge in [-0.05, 0) is 49.1 Å². The molecule has 0 fully saturated rings. The van der Waals surface area contributed by atoms with E-state index in [1.165, 1.54) is 17.3 Å². The lowest BCUT2D eigenvalue weighted by atomic mass is 9.79. The van der Waals surface area contributed by atoms with Crippen molar-refractivity contribution in [3.05, 3.63) is 102 Å². The molecule has 0 spiro atoms. The molecule has 35 heavy (non-hydrogen) atoms. The summed E-state index contributed by atoms with van der Waals surface area (Å²) >= 11 is 0. The van der Waals surface area contributed by atoms with Crippen molar-refractivity contribution in [3.8, 4) is 17.4 Å². The van der Waals surface area contributed by atoms with Gasteiger partial charge in [0.25, 0.3) is 11.9 Å². The van der Waals surface area contributed by atoms with Gasteiger partial charge in [0.05, 0.1) is 12.4 Å². The van der Waals surface area contributed by atoms with Crippen molar-refractivity contribution < 1.29 is 29.0 Å². The number of ether oxygens (including phenoxy) is 2. The second-order valence-corrected chi connectivity index (χ2v) is 8.48. The van der Waals surface area contributed by atoms with Crippen LogP contribution in [0.3, 0.4) is 0 Å². The molecule has 9 heteroatoms. The van der Waals surface area contributed by atoms with Gasteiger partial charge in [0.1, 0.15) is 17.6 Å². The van der Waals surface area contributed by atoms with Crippen LogP contribution >= 0.6 is 0 Å². The highest BCUT2D eigenvalue weighted by Crippen LogP contribution is 2.40. The van der Waals surface area contributed by atoms with Crippen molar-refractivity contribution >= 4 is 12.6 Å². The smallest absolute Gasteiger partial charge is 0.494 e. The first-order valence-corrected chi connectivity index (χ1v) is 11.3. The number of hydrogen-bond donors (Lipinski definition) is 2. The Morgan fingerprint density at radius 1 is 1.00 bits per heavy atom. The van der Waals surface area contributed by atoms with E-state index in [0.717, 1.165) is 35.3 Å². The second kappa shape index (κ2) is 9.54. The summed E-state index contributed by atoms with van der Waals surface area (Å²) in [5.74, 6) is 1.38. The Morgan fingerprint density at radius 3 is 2.43 bits per heavy atom. The Hall–Kier alpha value is -4.27. The Kier molecular flexibility index (Phi) is 6.14. The van der Waals surface area contributed by atoms with E-state index in [4.69, 9.17) is 18.8 Å². The third-order valence-corrected chi connectivity index (χ3v) is 5.79. The zero-order chi connectivity index (χ0) is 24.4. The van der Waals surface area contributed by atoms with E-state index < -0.39 is 7.12 Å². The molecule has 1 atom stereocenters. The normalized spacial score (nSPS) is 18.7. The molecule has 0 amide bonds. The van der Waals surface area contributed by atoms with Gasteiger partial charge in [-0.25, -0.2) is 4.98 Å². The van der Waals surface area contributed by atoms with Crippen LogP contribution in [0.15, 0.2) is 85.1 Å². The Balaban J connectivity index is 1.29. The molecule has 1 aromatic heterocycles. The van der Waals surface area contributed by atoms with Gasteiger partial charge in [0, 0.05) is 30.3 Å². The molecule has 178 valence electrons. The van der Waals surface area contributed by atoms with Gasteiger partial charge in [-0.2, -0.15) is 0 Å². The Morgan fingerprint density at radius 2 is 1.74 bits per heavy atom. The molecule has 1 aliphatic carbocycles. The minimum absolute atomic E-state index is 0.103. The fourth-order valence-electron chi connectivity index (χ4n) is 4.12. The lowest BCUT2D eigenvalue weighted by Gasteiger charge is -2.20. The van der Waals surface area contributed by atoms with Crippen LogP contribution in [-0.4, -0.2) is 34.3 Å². The topological polar surface area (TPSA) is 93.5 Å². The first-order valence-electron chi connectivity index (χ1n) is 11.3. The van der Waals surface area contributed by atoms with Crippen LogP contribution in [0.4, 0.5) is 0 Å². The average molecular weight is 472 g/mol. The maximum atomic E-state index is 9.93. The van der Waals surface area contributed by atoms with Crippen molar-refractivity contribution in [2.24, 2.45) is 0 Å². The zero-order valence-corrected chi connectivity index (χ0v) is 19.4. The molecule has 0 unspecified atom stereocenters. The second-order valence-electron chi connectivity index (χ2n) is 8.48. The Labute approximate surface area is 203 Å². The van der Waals surface area contributed by atoms with Gasteiger partial charge in [-0.1, -0.05) is 30.3 Å². The number of aliphatic hydroxyl groups excluding tert-OH is 2. The molecule has 3 aromatic rings. The molecule has 5 rings (SSSR count). The number of benzene rings is 2. The van der Waals surface area contributed by atoms with Crippen molar-refractivity contribution in [1.82, 2.24) is 9.88 Å². The summed E-state index contributed by atoms with van der Waals surface area (Å²) < 4.78 is 23.1. The van der Waals surface area contributed by atoms with Crippen molar-refractivity contribution in [1.29, 1.82) is 0 Å². The molecular formula is C26H25BN2O6. The molecule has 2 N–H and O–H groups in total. The summed E-state index contributed by atoms with van der Waals surface area (Å²) in [5, 5.41) is 19.9. The number of hydrogen-bond acceptors (Lipinski definition) is 8. The SMILES string of the molecule is Cc1ccc(Oc2cccc3c2CC[C@H]3Oc2ccc(B3OC(O)=CN(C)/C=C(/O)O3)cc2)nc1. The van der Waals surface area contributed by atoms with Crippen molar-refractivity contribution in [2.75, 3.05) is 7.05 Å². The fraction of sp³-hybridized carbons (Fsp3) is 0.192. The average Bonchev–Trinajstić information content (AvgIpc) is 3.23. The highest BCUT2D eigenvalue weighted by atomic mass is 16.7. The van der Waals surface area contributed by atoms with Gasteiger partial charge in [-0.3, -0.25) is 0 Å². The molecule has 1 aliphatic heterocycles. The first kappa shape index (κ1) is 22.5. The van der Waals surface area contributed by atoms with E-state index in [0.29, 0.717) is 17.1 Å². The van der Waals surface area contributed by atoms with E-state index in [9.17, 15) is 10.2 Å². The summed E-state index contributed by atoms with van der Waals surface area (Å²) in [5.41, 5.74) is 3.91. The number of aliphatic hydroxyl groups is 2. The minimum atomic E-state index is -1.01. The molecule has 8 nitrogen and oxygen atoms in total. The van der Waals surface area contributed by atoms with E-state index >= 15 is 0 Å². The van der Waals surface area contributed by atoms with Crippen LogP contribution in [-0.2, 0) is 15.7 Å². The monoisotopic (exact) mass is 472 g/mol. The van der Waals surface area contributed by atoms with E-state index in [-0.39, 0.29) is 18.0 Å². The van der Waals surface area contributed by atoms with Crippen LogP contribution in [0.25, 0.3) is 0 Å². The maximum Gasteiger partial charge on any atom is 0.636 e. The quantitative estimate of drug-likeness (QED) is 0.519. The maximum absolute atomic E-state index is 9.93. The largest absolute Gasteiger partial charge is 0.636 e. The number of fused-ring (bicyclic) bond motifs is 1. The van der Waals surface area contributed by atoms with Gasteiger partial charge < -0.3 is 33.9 Å². The van der Waals surface area contributed by atoms with E-state index in [1.807, 2.05) is 43.3 Å².